The Morgan fingerprint density at radius 2 is 2.09 bits per heavy atom. The molecule has 0 atom stereocenters. The van der Waals surface area contributed by atoms with Gasteiger partial charge in [0.15, 0.2) is 0 Å². The molecule has 0 radical (unpaired) electrons. The molecule has 0 spiro atoms. The van der Waals surface area contributed by atoms with Gasteiger partial charge in [0.05, 0.1) is 6.42 Å². The molecule has 0 aromatic rings. The van der Waals surface area contributed by atoms with Crippen LogP contribution in [0.4, 0.5) is 0 Å². The second-order valence-electron chi connectivity index (χ2n) is 2.17. The quantitative estimate of drug-likeness (QED) is 0.442. The monoisotopic (exact) mass is 156 g/mol. The Bertz CT molecular complexity index is 161. The van der Waals surface area contributed by atoms with E-state index in [4.69, 9.17) is 0 Å². The SMILES string of the molecule is C=CCOC(=O)CCC(C)=O. The minimum atomic E-state index is -0.347. The van der Waals surface area contributed by atoms with Crippen LogP contribution in [0.15, 0.2) is 12.7 Å². The fourth-order valence-corrected chi connectivity index (χ4v) is 0.502. The lowest BCUT2D eigenvalue weighted by atomic mass is 10.2. The smallest absolute Gasteiger partial charge is 0.306 e. The third-order valence-electron chi connectivity index (χ3n) is 1.04. The van der Waals surface area contributed by atoms with Gasteiger partial charge >= 0.3 is 5.97 Å². The van der Waals surface area contributed by atoms with E-state index in [-0.39, 0.29) is 31.2 Å². The summed E-state index contributed by atoms with van der Waals surface area (Å²) in [6.45, 7) is 5.05. The maximum absolute atomic E-state index is 10.7. The molecule has 0 aliphatic heterocycles. The van der Waals surface area contributed by atoms with Crippen LogP contribution in [0.25, 0.3) is 0 Å². The van der Waals surface area contributed by atoms with Crippen LogP contribution < -0.4 is 0 Å². The number of hydrogen-bond acceptors (Lipinski definition) is 3. The van der Waals surface area contributed by atoms with Crippen molar-refractivity contribution in [2.45, 2.75) is 19.8 Å². The molecule has 0 aliphatic carbocycles. The summed E-state index contributed by atoms with van der Waals surface area (Å²) < 4.78 is 4.63. The summed E-state index contributed by atoms with van der Waals surface area (Å²) >= 11 is 0. The lowest BCUT2D eigenvalue weighted by Crippen LogP contribution is -2.05. The molecule has 0 rings (SSSR count). The topological polar surface area (TPSA) is 43.4 Å². The van der Waals surface area contributed by atoms with Gasteiger partial charge in [-0.05, 0) is 6.92 Å². The number of rotatable bonds is 5. The van der Waals surface area contributed by atoms with Gasteiger partial charge in [0.25, 0.3) is 0 Å². The molecule has 62 valence electrons. The predicted octanol–water partition coefficient (Wildman–Crippen LogP) is 1.08. The van der Waals surface area contributed by atoms with E-state index < -0.39 is 0 Å². The number of ether oxygens (including phenoxy) is 1. The first-order valence-corrected chi connectivity index (χ1v) is 3.42. The molecule has 0 amide bonds. The summed E-state index contributed by atoms with van der Waals surface area (Å²) in [6.07, 6.45) is 1.92. The first-order valence-electron chi connectivity index (χ1n) is 3.42. The standard InChI is InChI=1S/C8H12O3/c1-3-6-11-8(10)5-4-7(2)9/h3H,1,4-6H2,2H3. The number of Topliss-reactive ketones (excluding diaryl/α,β-unsaturated/α-hetero) is 1. The molecule has 0 bridgehead atoms. The lowest BCUT2D eigenvalue weighted by Gasteiger charge is -1.98. The molecule has 0 aromatic carbocycles. The molecule has 0 unspecified atom stereocenters. The number of carbonyl (C=O) groups is 2. The Kier molecular flexibility index (Phi) is 5.07. The zero-order chi connectivity index (χ0) is 8.69. The van der Waals surface area contributed by atoms with E-state index in [0.717, 1.165) is 0 Å². The molecule has 3 nitrogen and oxygen atoms in total. The minimum Gasteiger partial charge on any atom is -0.461 e. The zero-order valence-corrected chi connectivity index (χ0v) is 6.63. The van der Waals surface area contributed by atoms with Crippen molar-refractivity contribution < 1.29 is 14.3 Å². The van der Waals surface area contributed by atoms with Crippen LogP contribution in [0.5, 0.6) is 0 Å². The summed E-state index contributed by atoms with van der Waals surface area (Å²) in [6, 6.07) is 0. The van der Waals surface area contributed by atoms with Crippen molar-refractivity contribution in [3.05, 3.63) is 12.7 Å². The molecule has 3 heteroatoms. The van der Waals surface area contributed by atoms with Crippen LogP contribution in [0.3, 0.4) is 0 Å². The highest BCUT2D eigenvalue weighted by atomic mass is 16.5. The summed E-state index contributed by atoms with van der Waals surface area (Å²) in [7, 11) is 0. The third-order valence-corrected chi connectivity index (χ3v) is 1.04. The van der Waals surface area contributed by atoms with Crippen LogP contribution in [-0.4, -0.2) is 18.4 Å². The molecule has 11 heavy (non-hydrogen) atoms. The maximum Gasteiger partial charge on any atom is 0.306 e. The fraction of sp³-hybridized carbons (Fsp3) is 0.500. The van der Waals surface area contributed by atoms with E-state index in [1.54, 1.807) is 0 Å². The van der Waals surface area contributed by atoms with Gasteiger partial charge in [-0.25, -0.2) is 0 Å². The summed E-state index contributed by atoms with van der Waals surface area (Å²) in [5.41, 5.74) is 0. The van der Waals surface area contributed by atoms with Gasteiger partial charge in [0, 0.05) is 6.42 Å². The summed E-state index contributed by atoms with van der Waals surface area (Å²) in [5.74, 6) is -0.347. The summed E-state index contributed by atoms with van der Waals surface area (Å²) in [5, 5.41) is 0. The second-order valence-corrected chi connectivity index (χ2v) is 2.17. The fourth-order valence-electron chi connectivity index (χ4n) is 0.502. The Morgan fingerprint density at radius 3 is 2.55 bits per heavy atom. The van der Waals surface area contributed by atoms with E-state index >= 15 is 0 Å². The van der Waals surface area contributed by atoms with E-state index in [2.05, 4.69) is 11.3 Å². The minimum absolute atomic E-state index is 0.000512. The van der Waals surface area contributed by atoms with Gasteiger partial charge in [0.2, 0.25) is 0 Å². The Morgan fingerprint density at radius 1 is 1.45 bits per heavy atom. The van der Waals surface area contributed by atoms with Crippen molar-refractivity contribution in [2.75, 3.05) is 6.61 Å². The van der Waals surface area contributed by atoms with Crippen molar-refractivity contribution in [1.82, 2.24) is 0 Å². The van der Waals surface area contributed by atoms with Gasteiger partial charge in [0.1, 0.15) is 12.4 Å². The first-order chi connectivity index (χ1) is 5.16. The van der Waals surface area contributed by atoms with Crippen molar-refractivity contribution in [3.8, 4) is 0 Å². The van der Waals surface area contributed by atoms with Crippen molar-refractivity contribution in [1.29, 1.82) is 0 Å². The van der Waals surface area contributed by atoms with Gasteiger partial charge < -0.3 is 9.53 Å². The normalized spacial score (nSPS) is 8.82. The summed E-state index contributed by atoms with van der Waals surface area (Å²) in [4.78, 5) is 21.1. The van der Waals surface area contributed by atoms with E-state index in [0.29, 0.717) is 0 Å². The Balaban J connectivity index is 3.37. The van der Waals surface area contributed by atoms with Gasteiger partial charge in [-0.2, -0.15) is 0 Å². The molecule has 0 fully saturated rings. The van der Waals surface area contributed by atoms with Crippen molar-refractivity contribution >= 4 is 11.8 Å². The highest BCUT2D eigenvalue weighted by Crippen LogP contribution is 1.93. The molecule has 0 aliphatic rings. The van der Waals surface area contributed by atoms with E-state index in [1.165, 1.54) is 13.0 Å². The third kappa shape index (κ3) is 6.77. The largest absolute Gasteiger partial charge is 0.461 e. The molecule has 0 saturated carbocycles. The van der Waals surface area contributed by atoms with Gasteiger partial charge in [-0.3, -0.25) is 4.79 Å². The molecule has 0 aromatic heterocycles. The van der Waals surface area contributed by atoms with E-state index in [9.17, 15) is 9.59 Å². The van der Waals surface area contributed by atoms with Crippen LogP contribution >= 0.6 is 0 Å². The average molecular weight is 156 g/mol. The van der Waals surface area contributed by atoms with Gasteiger partial charge in [-0.15, -0.1) is 0 Å². The molecule has 0 heterocycles. The zero-order valence-electron chi connectivity index (χ0n) is 6.63. The van der Waals surface area contributed by atoms with Crippen molar-refractivity contribution in [2.24, 2.45) is 0 Å². The van der Waals surface area contributed by atoms with Gasteiger partial charge in [-0.1, -0.05) is 12.7 Å². The molecular weight excluding hydrogens is 144 g/mol. The highest BCUT2D eigenvalue weighted by Gasteiger charge is 2.02. The number of ketones is 1. The predicted molar refractivity (Wildman–Crippen MR) is 41.1 cm³/mol. The second kappa shape index (κ2) is 5.65. The molecule has 0 saturated heterocycles. The number of carbonyl (C=O) groups excluding carboxylic acids is 2. The molecular formula is C8H12O3. The maximum atomic E-state index is 10.7. The highest BCUT2D eigenvalue weighted by molar-refractivity contribution is 5.80. The number of esters is 1. The Labute approximate surface area is 66.0 Å². The Hall–Kier alpha value is -1.12. The van der Waals surface area contributed by atoms with Crippen LogP contribution in [0.2, 0.25) is 0 Å². The van der Waals surface area contributed by atoms with Crippen molar-refractivity contribution in [3.63, 3.8) is 0 Å². The lowest BCUT2D eigenvalue weighted by molar-refractivity contribution is -0.143. The average Bonchev–Trinajstić information content (AvgIpc) is 1.97. The van der Waals surface area contributed by atoms with Crippen LogP contribution in [0, 0.1) is 0 Å². The first kappa shape index (κ1) is 9.88. The van der Waals surface area contributed by atoms with Crippen LogP contribution in [-0.2, 0) is 14.3 Å². The molecule has 0 N–H and O–H groups in total. The number of hydrogen-bond donors (Lipinski definition) is 0. The van der Waals surface area contributed by atoms with E-state index in [1.807, 2.05) is 0 Å². The van der Waals surface area contributed by atoms with Crippen LogP contribution in [0.1, 0.15) is 19.8 Å².